The predicted octanol–water partition coefficient (Wildman–Crippen LogP) is 2.09. The number of nitrogens with zero attached hydrogens (tertiary/aromatic N) is 3. The van der Waals surface area contributed by atoms with Crippen LogP contribution in [0, 0.1) is 5.92 Å². The van der Waals surface area contributed by atoms with Gasteiger partial charge in [-0.05, 0) is 37.1 Å². The maximum Gasteiger partial charge on any atom is 0.302 e. The molecular weight excluding hydrogens is 422 g/mol. The van der Waals surface area contributed by atoms with Gasteiger partial charge >= 0.3 is 11.9 Å². The normalized spacial score (nSPS) is 22.0. The molecule has 3 atom stereocenters. The van der Waals surface area contributed by atoms with Crippen LogP contribution < -0.4 is 0 Å². The number of hydrogen-bond donors (Lipinski definition) is 0. The third kappa shape index (κ3) is 4.76. The average molecular weight is 456 g/mol. The summed E-state index contributed by atoms with van der Waals surface area (Å²) in [6, 6.07) is 6.84. The lowest BCUT2D eigenvalue weighted by molar-refractivity contribution is -0.148. The summed E-state index contributed by atoms with van der Waals surface area (Å²) in [6.07, 6.45) is 4.00. The molecule has 0 spiro atoms. The second-order valence-corrected chi connectivity index (χ2v) is 9.26. The quantitative estimate of drug-likeness (QED) is 0.595. The van der Waals surface area contributed by atoms with Gasteiger partial charge < -0.3 is 23.8 Å². The van der Waals surface area contributed by atoms with Crippen LogP contribution in [0.1, 0.15) is 37.3 Å². The molecule has 0 saturated carbocycles. The SMILES string of the molecule is CC(=O)OCCN(CCOC(C)=O)C(=O)[C@@H]1C[C@@H]2c3cccc4c3c(cn4C)C[C@H]2N(C)C1. The molecule has 1 fully saturated rings. The number of likely N-dealkylation sites (N-methyl/N-ethyl adjacent to an activating group) is 1. The fourth-order valence-corrected chi connectivity index (χ4v) is 5.59. The summed E-state index contributed by atoms with van der Waals surface area (Å²) < 4.78 is 12.3. The van der Waals surface area contributed by atoms with Gasteiger partial charge in [-0.25, -0.2) is 0 Å². The van der Waals surface area contributed by atoms with Gasteiger partial charge in [0, 0.05) is 56.5 Å². The highest BCUT2D eigenvalue weighted by Gasteiger charge is 2.42. The van der Waals surface area contributed by atoms with Crippen molar-refractivity contribution in [2.24, 2.45) is 13.0 Å². The van der Waals surface area contributed by atoms with E-state index in [1.54, 1.807) is 4.90 Å². The Balaban J connectivity index is 1.54. The van der Waals surface area contributed by atoms with Crippen LogP contribution in [0.3, 0.4) is 0 Å². The van der Waals surface area contributed by atoms with Crippen LogP contribution in [0.4, 0.5) is 0 Å². The van der Waals surface area contributed by atoms with Crippen molar-refractivity contribution >= 4 is 28.7 Å². The Morgan fingerprint density at radius 1 is 1.06 bits per heavy atom. The van der Waals surface area contributed by atoms with E-state index in [0.717, 1.165) is 12.8 Å². The zero-order valence-corrected chi connectivity index (χ0v) is 19.9. The Morgan fingerprint density at radius 3 is 2.36 bits per heavy atom. The second kappa shape index (κ2) is 9.55. The van der Waals surface area contributed by atoms with Gasteiger partial charge in [0.05, 0.1) is 19.0 Å². The standard InChI is InChI=1S/C25H33N3O5/c1-16(29)32-10-8-28(9-11-33-17(2)30)25(31)19-12-21-20-6-5-7-22-24(20)18(14-26(22)3)13-23(21)27(4)15-19/h5-7,14,19,21,23H,8-13,15H2,1-4H3/t19-,21-,23-/m1/s1. The summed E-state index contributed by atoms with van der Waals surface area (Å²) >= 11 is 0. The highest BCUT2D eigenvalue weighted by atomic mass is 16.5. The van der Waals surface area contributed by atoms with Gasteiger partial charge in [-0.3, -0.25) is 14.4 Å². The molecule has 8 nitrogen and oxygen atoms in total. The van der Waals surface area contributed by atoms with E-state index in [1.807, 2.05) is 0 Å². The highest BCUT2D eigenvalue weighted by molar-refractivity contribution is 5.89. The Hall–Kier alpha value is -2.87. The number of likely N-dealkylation sites (tertiary alicyclic amines) is 1. The largest absolute Gasteiger partial charge is 0.464 e. The Bertz CT molecular complexity index is 1040. The van der Waals surface area contributed by atoms with Crippen LogP contribution in [-0.2, 0) is 37.3 Å². The van der Waals surface area contributed by atoms with Gasteiger partial charge in [0.15, 0.2) is 0 Å². The molecule has 1 aromatic heterocycles. The maximum atomic E-state index is 13.6. The van der Waals surface area contributed by atoms with Crippen molar-refractivity contribution in [2.75, 3.05) is 39.9 Å². The molecule has 2 heterocycles. The molecule has 8 heteroatoms. The number of aryl methyl sites for hydroxylation is 1. The molecule has 0 radical (unpaired) electrons. The molecule has 33 heavy (non-hydrogen) atoms. The number of amides is 1. The molecule has 178 valence electrons. The lowest BCUT2D eigenvalue weighted by atomic mass is 9.72. The molecule has 0 N–H and O–H groups in total. The van der Waals surface area contributed by atoms with E-state index in [9.17, 15) is 14.4 Å². The van der Waals surface area contributed by atoms with Gasteiger partial charge in [-0.1, -0.05) is 12.1 Å². The first kappa shape index (κ1) is 23.3. The Morgan fingerprint density at radius 2 is 1.73 bits per heavy atom. The zero-order chi connectivity index (χ0) is 23.7. The summed E-state index contributed by atoms with van der Waals surface area (Å²) in [5, 5.41) is 1.34. The Labute approximate surface area is 194 Å². The number of fused-ring (bicyclic) bond motifs is 2. The number of esters is 2. The average Bonchev–Trinajstić information content (AvgIpc) is 3.09. The van der Waals surface area contributed by atoms with Crippen molar-refractivity contribution in [2.45, 2.75) is 38.6 Å². The van der Waals surface area contributed by atoms with Crippen molar-refractivity contribution < 1.29 is 23.9 Å². The lowest BCUT2D eigenvalue weighted by Gasteiger charge is -2.45. The fourth-order valence-electron chi connectivity index (χ4n) is 5.59. The predicted molar refractivity (Wildman–Crippen MR) is 124 cm³/mol. The number of rotatable bonds is 7. The minimum absolute atomic E-state index is 0.0191. The molecule has 0 unspecified atom stereocenters. The molecule has 4 rings (SSSR count). The maximum absolute atomic E-state index is 13.6. The van der Waals surface area contributed by atoms with Gasteiger partial charge in [-0.2, -0.15) is 0 Å². The molecule has 1 aliphatic carbocycles. The van der Waals surface area contributed by atoms with E-state index in [4.69, 9.17) is 9.47 Å². The van der Waals surface area contributed by atoms with Gasteiger partial charge in [0.2, 0.25) is 5.91 Å². The van der Waals surface area contributed by atoms with E-state index in [0.29, 0.717) is 12.6 Å². The van der Waals surface area contributed by atoms with E-state index >= 15 is 0 Å². The first-order chi connectivity index (χ1) is 15.8. The smallest absolute Gasteiger partial charge is 0.302 e. The first-order valence-corrected chi connectivity index (χ1v) is 11.6. The van der Waals surface area contributed by atoms with Crippen molar-refractivity contribution in [1.29, 1.82) is 0 Å². The number of ether oxygens (including phenoxy) is 2. The molecule has 1 saturated heterocycles. The van der Waals surface area contributed by atoms with E-state index in [-0.39, 0.29) is 56.0 Å². The monoisotopic (exact) mass is 455 g/mol. The van der Waals surface area contributed by atoms with Gasteiger partial charge in [-0.15, -0.1) is 0 Å². The third-order valence-corrected chi connectivity index (χ3v) is 7.03. The summed E-state index contributed by atoms with van der Waals surface area (Å²) in [4.78, 5) is 39.9. The zero-order valence-electron chi connectivity index (χ0n) is 19.9. The summed E-state index contributed by atoms with van der Waals surface area (Å²) in [6.45, 7) is 4.20. The fraction of sp³-hybridized carbons (Fsp3) is 0.560. The molecule has 1 aliphatic heterocycles. The molecule has 1 amide bonds. The van der Waals surface area contributed by atoms with E-state index < -0.39 is 0 Å². The van der Waals surface area contributed by atoms with Crippen LogP contribution >= 0.6 is 0 Å². The van der Waals surface area contributed by atoms with E-state index in [2.05, 4.69) is 48.0 Å². The summed E-state index contributed by atoms with van der Waals surface area (Å²) in [7, 11) is 4.19. The third-order valence-electron chi connectivity index (χ3n) is 7.03. The first-order valence-electron chi connectivity index (χ1n) is 11.6. The van der Waals surface area contributed by atoms with Crippen LogP contribution in [0.2, 0.25) is 0 Å². The number of carbonyl (C=O) groups excluding carboxylic acids is 3. The molecule has 2 aromatic rings. The van der Waals surface area contributed by atoms with Crippen LogP contribution in [0.25, 0.3) is 10.9 Å². The minimum Gasteiger partial charge on any atom is -0.464 e. The molecule has 0 bridgehead atoms. The number of aromatic nitrogens is 1. The summed E-state index contributed by atoms with van der Waals surface area (Å²) in [5.41, 5.74) is 3.95. The number of benzene rings is 1. The number of piperidine rings is 1. The Kier molecular flexibility index (Phi) is 6.74. The molecule has 1 aromatic carbocycles. The molecule has 2 aliphatic rings. The second-order valence-electron chi connectivity index (χ2n) is 9.26. The van der Waals surface area contributed by atoms with Crippen LogP contribution in [0.5, 0.6) is 0 Å². The number of hydrogen-bond acceptors (Lipinski definition) is 6. The van der Waals surface area contributed by atoms with Crippen LogP contribution in [-0.4, -0.2) is 78.2 Å². The van der Waals surface area contributed by atoms with Crippen molar-refractivity contribution in [3.8, 4) is 0 Å². The van der Waals surface area contributed by atoms with Gasteiger partial charge in [0.1, 0.15) is 13.2 Å². The molecular formula is C25H33N3O5. The highest BCUT2D eigenvalue weighted by Crippen LogP contribution is 2.45. The van der Waals surface area contributed by atoms with Crippen molar-refractivity contribution in [3.63, 3.8) is 0 Å². The summed E-state index contributed by atoms with van der Waals surface area (Å²) in [5.74, 6) is -0.634. The topological polar surface area (TPSA) is 81.1 Å². The minimum atomic E-state index is -0.378. The van der Waals surface area contributed by atoms with Gasteiger partial charge in [0.25, 0.3) is 0 Å². The van der Waals surface area contributed by atoms with Crippen molar-refractivity contribution in [3.05, 3.63) is 35.5 Å². The van der Waals surface area contributed by atoms with Crippen LogP contribution in [0.15, 0.2) is 24.4 Å². The lowest BCUT2D eigenvalue weighted by Crippen LogP contribution is -2.52. The number of carbonyl (C=O) groups is 3. The van der Waals surface area contributed by atoms with Crippen molar-refractivity contribution in [1.82, 2.24) is 14.4 Å². The van der Waals surface area contributed by atoms with E-state index in [1.165, 1.54) is 35.9 Å².